The molecule has 0 saturated heterocycles. The molecule has 4 rings (SSSR count). The van der Waals surface area contributed by atoms with Crippen molar-refractivity contribution in [3.05, 3.63) is 49.1 Å². The van der Waals surface area contributed by atoms with E-state index in [2.05, 4.69) is 21.0 Å². The van der Waals surface area contributed by atoms with E-state index in [4.69, 9.17) is 5.73 Å². The van der Waals surface area contributed by atoms with Crippen LogP contribution in [0.3, 0.4) is 0 Å². The van der Waals surface area contributed by atoms with Crippen LogP contribution in [0.1, 0.15) is 0 Å². The standard InChI is InChI=1S/C14H11N5/c15-12-8-19-7-9(3-4-13(19)18-12)11-6-17-14-10(11)2-1-5-16-14/h1-8H,15H2,(H,16,17). The zero-order valence-corrected chi connectivity index (χ0v) is 10.0. The highest BCUT2D eigenvalue weighted by molar-refractivity contribution is 5.93. The molecule has 0 aliphatic rings. The molecular formula is C14H11N5. The predicted octanol–water partition coefficient (Wildman–Crippen LogP) is 2.46. The Hall–Kier alpha value is -2.82. The highest BCUT2D eigenvalue weighted by Gasteiger charge is 2.07. The maximum atomic E-state index is 5.70. The van der Waals surface area contributed by atoms with Crippen LogP contribution in [-0.2, 0) is 0 Å². The summed E-state index contributed by atoms with van der Waals surface area (Å²) in [7, 11) is 0. The van der Waals surface area contributed by atoms with Gasteiger partial charge in [0.2, 0.25) is 0 Å². The smallest absolute Gasteiger partial charge is 0.142 e. The van der Waals surface area contributed by atoms with E-state index in [1.165, 1.54) is 0 Å². The number of imidazole rings is 1. The van der Waals surface area contributed by atoms with Crippen molar-refractivity contribution >= 4 is 22.5 Å². The molecule has 0 unspecified atom stereocenters. The Bertz CT molecular complexity index is 887. The Labute approximate surface area is 108 Å². The summed E-state index contributed by atoms with van der Waals surface area (Å²) in [6.07, 6.45) is 7.59. The second-order valence-corrected chi connectivity index (χ2v) is 4.45. The molecule has 5 nitrogen and oxygen atoms in total. The van der Waals surface area contributed by atoms with Crippen molar-refractivity contribution in [1.29, 1.82) is 0 Å². The third kappa shape index (κ3) is 1.48. The monoisotopic (exact) mass is 249 g/mol. The lowest BCUT2D eigenvalue weighted by molar-refractivity contribution is 1.19. The molecule has 0 aromatic carbocycles. The average Bonchev–Trinajstić information content (AvgIpc) is 2.99. The first-order chi connectivity index (χ1) is 9.31. The molecule has 0 bridgehead atoms. The Balaban J connectivity index is 1.98. The number of H-pyrrole nitrogens is 1. The van der Waals surface area contributed by atoms with E-state index in [0.717, 1.165) is 27.8 Å². The molecule has 0 fully saturated rings. The summed E-state index contributed by atoms with van der Waals surface area (Å²) in [6.45, 7) is 0. The first-order valence-corrected chi connectivity index (χ1v) is 5.98. The minimum atomic E-state index is 0.526. The van der Waals surface area contributed by atoms with Crippen molar-refractivity contribution in [2.24, 2.45) is 0 Å². The molecule has 0 atom stereocenters. The molecule has 0 spiro atoms. The molecule has 4 aromatic rings. The summed E-state index contributed by atoms with van der Waals surface area (Å²) in [6, 6.07) is 7.99. The van der Waals surface area contributed by atoms with Gasteiger partial charge >= 0.3 is 0 Å². The van der Waals surface area contributed by atoms with Crippen LogP contribution >= 0.6 is 0 Å². The Morgan fingerprint density at radius 1 is 1.16 bits per heavy atom. The fraction of sp³-hybridized carbons (Fsp3) is 0. The average molecular weight is 249 g/mol. The van der Waals surface area contributed by atoms with Crippen LogP contribution in [0.5, 0.6) is 0 Å². The van der Waals surface area contributed by atoms with Gasteiger partial charge in [-0.15, -0.1) is 0 Å². The number of aromatic nitrogens is 4. The second-order valence-electron chi connectivity index (χ2n) is 4.45. The number of rotatable bonds is 1. The molecule has 5 heteroatoms. The molecule has 0 amide bonds. The first kappa shape index (κ1) is 10.1. The van der Waals surface area contributed by atoms with Crippen LogP contribution in [0.25, 0.3) is 27.8 Å². The predicted molar refractivity (Wildman–Crippen MR) is 74.7 cm³/mol. The number of anilines is 1. The maximum Gasteiger partial charge on any atom is 0.142 e. The number of hydrogen-bond donors (Lipinski definition) is 2. The van der Waals surface area contributed by atoms with E-state index < -0.39 is 0 Å². The van der Waals surface area contributed by atoms with Crippen molar-refractivity contribution in [3.8, 4) is 11.1 Å². The molecule has 0 radical (unpaired) electrons. The van der Waals surface area contributed by atoms with Gasteiger partial charge in [0.05, 0.1) is 6.20 Å². The van der Waals surface area contributed by atoms with Gasteiger partial charge in [-0.1, -0.05) is 0 Å². The molecule has 4 aromatic heterocycles. The molecule has 0 aliphatic heterocycles. The summed E-state index contributed by atoms with van der Waals surface area (Å²) in [5.41, 5.74) is 9.66. The van der Waals surface area contributed by atoms with Crippen molar-refractivity contribution in [2.75, 3.05) is 5.73 Å². The maximum absolute atomic E-state index is 5.70. The number of fused-ring (bicyclic) bond motifs is 2. The van der Waals surface area contributed by atoms with Crippen LogP contribution in [0.4, 0.5) is 5.82 Å². The number of nitrogen functional groups attached to an aromatic ring is 1. The minimum absolute atomic E-state index is 0.526. The van der Waals surface area contributed by atoms with Gasteiger partial charge in [0.1, 0.15) is 17.1 Å². The molecule has 92 valence electrons. The van der Waals surface area contributed by atoms with Crippen LogP contribution in [0.15, 0.2) is 49.1 Å². The van der Waals surface area contributed by atoms with Gasteiger partial charge < -0.3 is 15.1 Å². The lowest BCUT2D eigenvalue weighted by Crippen LogP contribution is -1.84. The van der Waals surface area contributed by atoms with Crippen molar-refractivity contribution in [2.45, 2.75) is 0 Å². The summed E-state index contributed by atoms with van der Waals surface area (Å²) in [5.74, 6) is 0.526. The number of aromatic amines is 1. The Kier molecular flexibility index (Phi) is 1.91. The summed E-state index contributed by atoms with van der Waals surface area (Å²) in [5, 5.41) is 1.11. The number of hydrogen-bond acceptors (Lipinski definition) is 3. The molecule has 4 heterocycles. The molecule has 0 saturated carbocycles. The second kappa shape index (κ2) is 3.58. The van der Waals surface area contributed by atoms with Gasteiger partial charge in [0.25, 0.3) is 0 Å². The van der Waals surface area contributed by atoms with Gasteiger partial charge in [-0.3, -0.25) is 0 Å². The lowest BCUT2D eigenvalue weighted by Gasteiger charge is -2.00. The zero-order valence-electron chi connectivity index (χ0n) is 10.0. The fourth-order valence-corrected chi connectivity index (χ4v) is 2.37. The quantitative estimate of drug-likeness (QED) is 0.544. The minimum Gasteiger partial charge on any atom is -0.382 e. The van der Waals surface area contributed by atoms with Gasteiger partial charge in [0, 0.05) is 35.1 Å². The van der Waals surface area contributed by atoms with Gasteiger partial charge in [-0.2, -0.15) is 0 Å². The van der Waals surface area contributed by atoms with E-state index in [-0.39, 0.29) is 0 Å². The molecule has 19 heavy (non-hydrogen) atoms. The van der Waals surface area contributed by atoms with Crippen LogP contribution in [0, 0.1) is 0 Å². The van der Waals surface area contributed by atoms with Gasteiger partial charge in [-0.05, 0) is 24.3 Å². The van der Waals surface area contributed by atoms with E-state index >= 15 is 0 Å². The Morgan fingerprint density at radius 2 is 2.11 bits per heavy atom. The largest absolute Gasteiger partial charge is 0.382 e. The third-order valence-corrected chi connectivity index (χ3v) is 3.23. The van der Waals surface area contributed by atoms with E-state index in [1.807, 2.05) is 41.2 Å². The topological polar surface area (TPSA) is 72.0 Å². The molecule has 0 aliphatic carbocycles. The van der Waals surface area contributed by atoms with Crippen molar-refractivity contribution in [3.63, 3.8) is 0 Å². The summed E-state index contributed by atoms with van der Waals surface area (Å²) >= 11 is 0. The third-order valence-electron chi connectivity index (χ3n) is 3.23. The highest BCUT2D eigenvalue weighted by Crippen LogP contribution is 2.27. The normalized spacial score (nSPS) is 11.4. The molecule has 3 N–H and O–H groups in total. The van der Waals surface area contributed by atoms with E-state index in [0.29, 0.717) is 5.82 Å². The Morgan fingerprint density at radius 3 is 3.05 bits per heavy atom. The fourth-order valence-electron chi connectivity index (χ4n) is 2.37. The van der Waals surface area contributed by atoms with Gasteiger partial charge in [-0.25, -0.2) is 9.97 Å². The van der Waals surface area contributed by atoms with Crippen LogP contribution < -0.4 is 5.73 Å². The van der Waals surface area contributed by atoms with Crippen molar-refractivity contribution in [1.82, 2.24) is 19.4 Å². The summed E-state index contributed by atoms with van der Waals surface area (Å²) in [4.78, 5) is 11.7. The summed E-state index contributed by atoms with van der Waals surface area (Å²) < 4.78 is 1.93. The van der Waals surface area contributed by atoms with Gasteiger partial charge in [0.15, 0.2) is 0 Å². The lowest BCUT2D eigenvalue weighted by atomic mass is 10.1. The first-order valence-electron chi connectivity index (χ1n) is 5.98. The number of nitrogens with two attached hydrogens (primary N) is 1. The van der Waals surface area contributed by atoms with Crippen LogP contribution in [0.2, 0.25) is 0 Å². The highest BCUT2D eigenvalue weighted by atomic mass is 15.0. The number of nitrogens with zero attached hydrogens (tertiary/aromatic N) is 3. The SMILES string of the molecule is Nc1cn2cc(-c3c[nH]c4ncccc34)ccc2n1. The molecular weight excluding hydrogens is 238 g/mol. The van der Waals surface area contributed by atoms with Crippen LogP contribution in [-0.4, -0.2) is 19.4 Å². The van der Waals surface area contributed by atoms with E-state index in [1.54, 1.807) is 6.20 Å². The number of pyridine rings is 2. The van der Waals surface area contributed by atoms with E-state index in [9.17, 15) is 0 Å². The zero-order chi connectivity index (χ0) is 12.8. The number of nitrogens with one attached hydrogen (secondary N) is 1. The van der Waals surface area contributed by atoms with Crippen molar-refractivity contribution < 1.29 is 0 Å².